The van der Waals surface area contributed by atoms with Crippen LogP contribution in [0.5, 0.6) is 0 Å². The van der Waals surface area contributed by atoms with Gasteiger partial charge >= 0.3 is 6.34 Å². The Morgan fingerprint density at radius 1 is 1.20 bits per heavy atom. The summed E-state index contributed by atoms with van der Waals surface area (Å²) in [6.45, 7) is 0. The van der Waals surface area contributed by atoms with Gasteiger partial charge in [0.25, 0.3) is 5.49 Å². The Bertz CT molecular complexity index is 342. The number of hydrogen-bond donors (Lipinski definition) is 0. The number of fused-ring (bicyclic) bond motifs is 1. The molecular weight excluding hydrogens is 128 g/mol. The monoisotopic (exact) mass is 132 g/mol. The first-order valence-corrected chi connectivity index (χ1v) is 2.83. The molecule has 0 saturated heterocycles. The highest BCUT2D eigenvalue weighted by atomic mass is 14.9. The summed E-state index contributed by atoms with van der Waals surface area (Å²) < 4.78 is 0. The van der Waals surface area contributed by atoms with Crippen LogP contribution in [-0.4, -0.2) is 16.3 Å². The summed E-state index contributed by atoms with van der Waals surface area (Å²) in [5, 5.41) is 0.727. The molecule has 0 unspecified atom stereocenters. The summed E-state index contributed by atoms with van der Waals surface area (Å²) in [6.07, 6.45) is 6.31. The fourth-order valence-electron chi connectivity index (χ4n) is 0.724. The lowest BCUT2D eigenvalue weighted by Gasteiger charge is -1.79. The second-order valence-electron chi connectivity index (χ2n) is 1.79. The van der Waals surface area contributed by atoms with Crippen LogP contribution in [0.2, 0.25) is 0 Å². The van der Waals surface area contributed by atoms with Crippen LogP contribution < -0.4 is 15.8 Å². The van der Waals surface area contributed by atoms with Gasteiger partial charge in [-0.3, -0.25) is 0 Å². The number of aromatic nitrogens is 2. The van der Waals surface area contributed by atoms with E-state index < -0.39 is 0 Å². The van der Waals surface area contributed by atoms with Crippen LogP contribution in [0, 0.1) is 0 Å². The number of nitrogens with zero attached hydrogens (tertiary/aromatic N) is 4. The Kier molecular flexibility index (Phi) is 1.04. The smallest absolute Gasteiger partial charge is 0.245 e. The average Bonchev–Trinajstić information content (AvgIpc) is 2.05. The Labute approximate surface area is 56.7 Å². The SMILES string of the molecule is C1=[N+]C=c2nccnc2=N1. The molecule has 0 aromatic carbocycles. The predicted molar refractivity (Wildman–Crippen MR) is 35.5 cm³/mol. The number of aliphatic imine (C=N–C) groups is 1. The van der Waals surface area contributed by atoms with Gasteiger partial charge in [0.1, 0.15) is 0 Å². The fourth-order valence-corrected chi connectivity index (χ4v) is 0.724. The first-order chi connectivity index (χ1) is 4.97. The molecule has 0 saturated carbocycles. The average molecular weight is 132 g/mol. The van der Waals surface area contributed by atoms with Crippen molar-refractivity contribution in [3.8, 4) is 0 Å². The third kappa shape index (κ3) is 0.699. The molecule has 4 heteroatoms. The first-order valence-electron chi connectivity index (χ1n) is 2.83. The normalized spacial score (nSPS) is 13.2. The predicted octanol–water partition coefficient (Wildman–Crippen LogP) is -1.79. The minimum absolute atomic E-state index is 0.637. The molecule has 2 heterocycles. The van der Waals surface area contributed by atoms with E-state index in [-0.39, 0.29) is 0 Å². The van der Waals surface area contributed by atoms with E-state index in [4.69, 9.17) is 0 Å². The van der Waals surface area contributed by atoms with E-state index in [1.54, 1.807) is 18.6 Å². The van der Waals surface area contributed by atoms with Gasteiger partial charge in [-0.25, -0.2) is 9.97 Å². The largest absolute Gasteiger partial charge is 0.329 e. The molecule has 1 radical (unpaired) electrons. The van der Waals surface area contributed by atoms with Gasteiger partial charge in [-0.05, 0) is 4.99 Å². The van der Waals surface area contributed by atoms with Crippen molar-refractivity contribution in [1.29, 1.82) is 0 Å². The molecule has 0 fully saturated rings. The molecule has 47 valence electrons. The molecule has 2 rings (SSSR count). The van der Waals surface area contributed by atoms with E-state index >= 15 is 0 Å². The minimum Gasteiger partial charge on any atom is -0.245 e. The molecule has 4 nitrogen and oxygen atoms in total. The summed E-state index contributed by atoms with van der Waals surface area (Å²) in [5.41, 5.74) is 0.637. The van der Waals surface area contributed by atoms with Crippen LogP contribution >= 0.6 is 0 Å². The molecule has 0 N–H and O–H groups in total. The molecule has 0 amide bonds. The number of hydrogen-bond acceptors (Lipinski definition) is 4. The Balaban J connectivity index is 2.92. The molecule has 1 aliphatic rings. The lowest BCUT2D eigenvalue weighted by atomic mass is 10.6. The van der Waals surface area contributed by atoms with Crippen molar-refractivity contribution < 1.29 is 0 Å². The second kappa shape index (κ2) is 1.98. The van der Waals surface area contributed by atoms with Crippen molar-refractivity contribution in [3.05, 3.63) is 23.2 Å². The summed E-state index contributed by atoms with van der Waals surface area (Å²) in [4.78, 5) is 15.7. The Morgan fingerprint density at radius 3 is 3.00 bits per heavy atom. The molecule has 1 aromatic heterocycles. The molecule has 0 aliphatic carbocycles. The highest BCUT2D eigenvalue weighted by molar-refractivity contribution is 5.58. The lowest BCUT2D eigenvalue weighted by molar-refractivity contribution is 1.03. The molecule has 10 heavy (non-hydrogen) atoms. The molecule has 0 atom stereocenters. The van der Waals surface area contributed by atoms with Crippen LogP contribution in [0.1, 0.15) is 0 Å². The number of rotatable bonds is 0. The fraction of sp³-hybridized carbons (Fsp3) is 0. The van der Waals surface area contributed by atoms with Gasteiger partial charge in [0, 0.05) is 12.4 Å². The van der Waals surface area contributed by atoms with Gasteiger partial charge in [-0.1, -0.05) is 4.99 Å². The third-order valence-electron chi connectivity index (χ3n) is 1.15. The molecule has 0 spiro atoms. The summed E-state index contributed by atoms with van der Waals surface area (Å²) >= 11 is 0. The van der Waals surface area contributed by atoms with Crippen molar-refractivity contribution in [2.24, 2.45) is 4.99 Å². The van der Waals surface area contributed by atoms with Gasteiger partial charge in [0.05, 0.1) is 0 Å². The summed E-state index contributed by atoms with van der Waals surface area (Å²) in [6, 6.07) is 0. The molecule has 1 aliphatic heterocycles. The maximum atomic E-state index is 3.99. The summed E-state index contributed by atoms with van der Waals surface area (Å²) in [5.74, 6) is 0. The maximum Gasteiger partial charge on any atom is 0.329 e. The van der Waals surface area contributed by atoms with E-state index in [1.807, 2.05) is 0 Å². The molecule has 1 aromatic rings. The van der Waals surface area contributed by atoms with Crippen molar-refractivity contribution in [1.82, 2.24) is 15.0 Å². The van der Waals surface area contributed by atoms with E-state index in [9.17, 15) is 0 Å². The van der Waals surface area contributed by atoms with E-state index in [1.165, 1.54) is 6.34 Å². The van der Waals surface area contributed by atoms with Gasteiger partial charge in [0.15, 0.2) is 11.5 Å². The highest BCUT2D eigenvalue weighted by Gasteiger charge is 1.98. The molecule has 0 bridgehead atoms. The standard InChI is InChI=1S/C6H4N4/c1-2-9-6-5(8-1)3-7-4-10-6/h1-4H/q+1. The Morgan fingerprint density at radius 2 is 2.10 bits per heavy atom. The maximum absolute atomic E-state index is 3.99. The minimum atomic E-state index is 0.637. The zero-order chi connectivity index (χ0) is 6.81. The van der Waals surface area contributed by atoms with Crippen LogP contribution in [0.25, 0.3) is 6.20 Å². The quantitative estimate of drug-likeness (QED) is 0.418. The van der Waals surface area contributed by atoms with Crippen molar-refractivity contribution in [2.45, 2.75) is 0 Å². The van der Waals surface area contributed by atoms with Crippen molar-refractivity contribution in [2.75, 3.05) is 0 Å². The zero-order valence-electron chi connectivity index (χ0n) is 5.10. The first kappa shape index (κ1) is 5.22. The zero-order valence-corrected chi connectivity index (χ0v) is 5.10. The van der Waals surface area contributed by atoms with E-state index in [2.05, 4.69) is 20.0 Å². The van der Waals surface area contributed by atoms with E-state index in [0.717, 1.165) is 5.35 Å². The lowest BCUT2D eigenvalue weighted by Crippen LogP contribution is -2.33. The van der Waals surface area contributed by atoms with E-state index in [0.29, 0.717) is 5.49 Å². The second-order valence-corrected chi connectivity index (χ2v) is 1.79. The van der Waals surface area contributed by atoms with Crippen LogP contribution in [0.15, 0.2) is 17.4 Å². The van der Waals surface area contributed by atoms with Crippen LogP contribution in [0.4, 0.5) is 0 Å². The molecular formula is C6H4N4+. The van der Waals surface area contributed by atoms with Crippen LogP contribution in [-0.2, 0) is 0 Å². The van der Waals surface area contributed by atoms with Crippen molar-refractivity contribution >= 4 is 12.5 Å². The van der Waals surface area contributed by atoms with Gasteiger partial charge in [-0.2, -0.15) is 0 Å². The van der Waals surface area contributed by atoms with Gasteiger partial charge < -0.3 is 0 Å². The topological polar surface area (TPSA) is 52.2 Å². The van der Waals surface area contributed by atoms with Gasteiger partial charge in [0.2, 0.25) is 0 Å². The van der Waals surface area contributed by atoms with Crippen LogP contribution in [0.3, 0.4) is 0 Å². The summed E-state index contributed by atoms with van der Waals surface area (Å²) in [7, 11) is 0. The Hall–Kier alpha value is -1.58. The van der Waals surface area contributed by atoms with Crippen molar-refractivity contribution in [3.63, 3.8) is 0 Å². The highest BCUT2D eigenvalue weighted by Crippen LogP contribution is 1.61. The third-order valence-corrected chi connectivity index (χ3v) is 1.15. The van der Waals surface area contributed by atoms with Gasteiger partial charge in [-0.15, -0.1) is 0 Å².